The molecular formula is C16H16N4O3. The van der Waals surface area contributed by atoms with Crippen molar-refractivity contribution in [2.24, 2.45) is 7.05 Å². The molecular weight excluding hydrogens is 296 g/mol. The van der Waals surface area contributed by atoms with Gasteiger partial charge in [0.25, 0.3) is 5.56 Å². The molecule has 3 heterocycles. The Kier molecular flexibility index (Phi) is 3.92. The molecule has 0 bridgehead atoms. The molecule has 23 heavy (non-hydrogen) atoms. The molecule has 0 saturated heterocycles. The molecule has 0 amide bonds. The van der Waals surface area contributed by atoms with Crippen molar-refractivity contribution in [3.8, 4) is 5.75 Å². The van der Waals surface area contributed by atoms with Crippen LogP contribution in [0.3, 0.4) is 0 Å². The summed E-state index contributed by atoms with van der Waals surface area (Å²) in [5, 5.41) is 0.306. The van der Waals surface area contributed by atoms with E-state index in [1.54, 1.807) is 31.6 Å². The normalized spacial score (nSPS) is 10.9. The molecule has 7 heteroatoms. The standard InChI is InChI=1S/C16H16N4O3/c1-3-23-12-6-8-18-14-13(12)15(21)20(16(22)19(14)2)10-11-5-4-7-17-9-11/h4-9H,3,10H2,1-2H3. The fraction of sp³-hybridized carbons (Fsp3) is 0.250. The van der Waals surface area contributed by atoms with Crippen LogP contribution in [0.15, 0.2) is 46.4 Å². The molecule has 0 aromatic carbocycles. The first-order valence-corrected chi connectivity index (χ1v) is 7.23. The number of rotatable bonds is 4. The van der Waals surface area contributed by atoms with Crippen molar-refractivity contribution < 1.29 is 4.74 Å². The van der Waals surface area contributed by atoms with Gasteiger partial charge in [-0.3, -0.25) is 18.9 Å². The van der Waals surface area contributed by atoms with Crippen molar-refractivity contribution in [1.29, 1.82) is 0 Å². The van der Waals surface area contributed by atoms with Crippen LogP contribution < -0.4 is 16.0 Å². The molecule has 0 aliphatic carbocycles. The van der Waals surface area contributed by atoms with Gasteiger partial charge in [0, 0.05) is 25.6 Å². The van der Waals surface area contributed by atoms with Crippen molar-refractivity contribution in [2.75, 3.05) is 6.61 Å². The molecule has 0 aliphatic rings. The fourth-order valence-electron chi connectivity index (χ4n) is 2.47. The van der Waals surface area contributed by atoms with E-state index in [2.05, 4.69) is 9.97 Å². The summed E-state index contributed by atoms with van der Waals surface area (Å²) in [6.45, 7) is 2.40. The molecule has 0 N–H and O–H groups in total. The summed E-state index contributed by atoms with van der Waals surface area (Å²) in [5.41, 5.74) is 0.247. The number of fused-ring (bicyclic) bond motifs is 1. The maximum Gasteiger partial charge on any atom is 0.332 e. The van der Waals surface area contributed by atoms with E-state index in [-0.39, 0.29) is 6.54 Å². The van der Waals surface area contributed by atoms with Gasteiger partial charge < -0.3 is 4.74 Å². The van der Waals surface area contributed by atoms with E-state index >= 15 is 0 Å². The highest BCUT2D eigenvalue weighted by atomic mass is 16.5. The lowest BCUT2D eigenvalue weighted by atomic mass is 10.2. The van der Waals surface area contributed by atoms with E-state index in [0.29, 0.717) is 23.4 Å². The van der Waals surface area contributed by atoms with Gasteiger partial charge in [0.15, 0.2) is 5.65 Å². The third-order valence-electron chi connectivity index (χ3n) is 3.55. The Balaban J connectivity index is 2.29. The minimum Gasteiger partial charge on any atom is -0.493 e. The van der Waals surface area contributed by atoms with Crippen LogP contribution in [0.25, 0.3) is 11.0 Å². The van der Waals surface area contributed by atoms with Crippen LogP contribution in [0.2, 0.25) is 0 Å². The van der Waals surface area contributed by atoms with Gasteiger partial charge in [0.2, 0.25) is 0 Å². The fourth-order valence-corrected chi connectivity index (χ4v) is 2.47. The molecule has 3 aromatic heterocycles. The van der Waals surface area contributed by atoms with Gasteiger partial charge >= 0.3 is 5.69 Å². The quantitative estimate of drug-likeness (QED) is 0.716. The lowest BCUT2D eigenvalue weighted by molar-refractivity contribution is 0.343. The van der Waals surface area contributed by atoms with Gasteiger partial charge in [-0.25, -0.2) is 9.78 Å². The zero-order chi connectivity index (χ0) is 16.4. The highest BCUT2D eigenvalue weighted by Crippen LogP contribution is 2.19. The lowest BCUT2D eigenvalue weighted by Gasteiger charge is -2.12. The number of pyridine rings is 2. The first kappa shape index (κ1) is 15.0. The SMILES string of the molecule is CCOc1ccnc2c1c(=O)n(Cc1cccnc1)c(=O)n2C. The van der Waals surface area contributed by atoms with Gasteiger partial charge in [0.1, 0.15) is 11.1 Å². The van der Waals surface area contributed by atoms with Crippen LogP contribution in [-0.2, 0) is 13.6 Å². The summed E-state index contributed by atoms with van der Waals surface area (Å²) in [4.78, 5) is 33.5. The molecule has 3 rings (SSSR count). The number of hydrogen-bond acceptors (Lipinski definition) is 5. The monoisotopic (exact) mass is 312 g/mol. The second-order valence-electron chi connectivity index (χ2n) is 5.03. The predicted octanol–water partition coefficient (Wildman–Crippen LogP) is 0.937. The van der Waals surface area contributed by atoms with Crippen LogP contribution in [0.5, 0.6) is 5.75 Å². The molecule has 0 radical (unpaired) electrons. The number of aryl methyl sites for hydroxylation is 1. The molecule has 0 unspecified atom stereocenters. The van der Waals surface area contributed by atoms with E-state index < -0.39 is 11.2 Å². The van der Waals surface area contributed by atoms with E-state index in [4.69, 9.17) is 4.74 Å². The average molecular weight is 312 g/mol. The van der Waals surface area contributed by atoms with E-state index in [1.807, 2.05) is 13.0 Å². The summed E-state index contributed by atoms with van der Waals surface area (Å²) in [5.74, 6) is 0.429. The zero-order valence-electron chi connectivity index (χ0n) is 12.9. The van der Waals surface area contributed by atoms with E-state index in [1.165, 1.54) is 15.3 Å². The molecule has 0 aliphatic heterocycles. The van der Waals surface area contributed by atoms with E-state index in [9.17, 15) is 9.59 Å². The zero-order valence-corrected chi connectivity index (χ0v) is 12.9. The first-order chi connectivity index (χ1) is 11.1. The average Bonchev–Trinajstić information content (AvgIpc) is 2.58. The van der Waals surface area contributed by atoms with Crippen molar-refractivity contribution >= 4 is 11.0 Å². The lowest BCUT2D eigenvalue weighted by Crippen LogP contribution is -2.39. The van der Waals surface area contributed by atoms with Gasteiger partial charge in [-0.15, -0.1) is 0 Å². The highest BCUT2D eigenvalue weighted by molar-refractivity contribution is 5.81. The van der Waals surface area contributed by atoms with E-state index in [0.717, 1.165) is 5.56 Å². The van der Waals surface area contributed by atoms with Crippen molar-refractivity contribution in [2.45, 2.75) is 13.5 Å². The van der Waals surface area contributed by atoms with Crippen LogP contribution in [0, 0.1) is 0 Å². The minimum absolute atomic E-state index is 0.149. The molecule has 0 fully saturated rings. The second-order valence-corrected chi connectivity index (χ2v) is 5.03. The van der Waals surface area contributed by atoms with Gasteiger partial charge in [-0.05, 0) is 24.6 Å². The Labute approximate surface area is 131 Å². The topological polar surface area (TPSA) is 79.0 Å². The van der Waals surface area contributed by atoms with Crippen molar-refractivity contribution in [3.05, 3.63) is 63.2 Å². The summed E-state index contributed by atoms with van der Waals surface area (Å²) < 4.78 is 8.05. The predicted molar refractivity (Wildman–Crippen MR) is 85.8 cm³/mol. The summed E-state index contributed by atoms with van der Waals surface area (Å²) >= 11 is 0. The van der Waals surface area contributed by atoms with Crippen LogP contribution in [-0.4, -0.2) is 25.7 Å². The van der Waals surface area contributed by atoms with Gasteiger partial charge in [0.05, 0.1) is 13.2 Å². The Bertz CT molecular complexity index is 961. The third kappa shape index (κ3) is 2.61. The molecule has 118 valence electrons. The largest absolute Gasteiger partial charge is 0.493 e. The maximum absolute atomic E-state index is 12.8. The number of nitrogens with zero attached hydrogens (tertiary/aromatic N) is 4. The second kappa shape index (κ2) is 6.04. The Morgan fingerprint density at radius 3 is 2.74 bits per heavy atom. The summed E-state index contributed by atoms with van der Waals surface area (Å²) in [6.07, 6.45) is 4.79. The molecule has 0 saturated carbocycles. The first-order valence-electron chi connectivity index (χ1n) is 7.23. The van der Waals surface area contributed by atoms with Gasteiger partial charge in [-0.1, -0.05) is 6.07 Å². The molecule has 7 nitrogen and oxygen atoms in total. The summed E-state index contributed by atoms with van der Waals surface area (Å²) in [7, 11) is 1.59. The Morgan fingerprint density at radius 1 is 1.22 bits per heavy atom. The minimum atomic E-state index is -0.424. The van der Waals surface area contributed by atoms with Crippen LogP contribution in [0.1, 0.15) is 12.5 Å². The van der Waals surface area contributed by atoms with Crippen molar-refractivity contribution in [3.63, 3.8) is 0 Å². The smallest absolute Gasteiger partial charge is 0.332 e. The third-order valence-corrected chi connectivity index (χ3v) is 3.55. The molecule has 3 aromatic rings. The summed E-state index contributed by atoms with van der Waals surface area (Å²) in [6, 6.07) is 5.21. The maximum atomic E-state index is 12.8. The van der Waals surface area contributed by atoms with Crippen molar-refractivity contribution in [1.82, 2.24) is 19.1 Å². The molecule has 0 atom stereocenters. The van der Waals surface area contributed by atoms with Crippen LogP contribution in [0.4, 0.5) is 0 Å². The van der Waals surface area contributed by atoms with Gasteiger partial charge in [-0.2, -0.15) is 0 Å². The number of ether oxygens (including phenoxy) is 1. The Morgan fingerprint density at radius 2 is 2.04 bits per heavy atom. The number of aromatic nitrogens is 4. The molecule has 0 spiro atoms. The highest BCUT2D eigenvalue weighted by Gasteiger charge is 2.16. The number of hydrogen-bond donors (Lipinski definition) is 0. The Hall–Kier alpha value is -2.96. The van der Waals surface area contributed by atoms with Crippen LogP contribution >= 0.6 is 0 Å².